The Balaban J connectivity index is 2.07. The molecule has 0 radical (unpaired) electrons. The number of allylic oxidation sites excluding steroid dienone is 2. The van der Waals surface area contributed by atoms with Crippen LogP contribution in [0.1, 0.15) is 18.4 Å². The maximum Gasteiger partial charge on any atom is 0.208 e. The van der Waals surface area contributed by atoms with E-state index in [0.717, 1.165) is 5.56 Å². The van der Waals surface area contributed by atoms with Crippen molar-refractivity contribution in [3.63, 3.8) is 0 Å². The third kappa shape index (κ3) is 1.65. The van der Waals surface area contributed by atoms with Crippen molar-refractivity contribution in [3.8, 4) is 0 Å². The van der Waals surface area contributed by atoms with E-state index in [1.54, 1.807) is 6.08 Å². The summed E-state index contributed by atoms with van der Waals surface area (Å²) in [4.78, 5) is 24.7. The number of ether oxygens (including phenoxy) is 1. The van der Waals surface area contributed by atoms with E-state index >= 15 is 0 Å². The molecule has 3 heteroatoms. The van der Waals surface area contributed by atoms with Crippen molar-refractivity contribution >= 4 is 11.6 Å². The molecule has 0 heterocycles. The number of benzene rings is 1. The first-order chi connectivity index (χ1) is 9.15. The average molecular weight is 256 g/mol. The molecule has 0 saturated heterocycles. The molecule has 2 bridgehead atoms. The molecule has 0 unspecified atom stereocenters. The van der Waals surface area contributed by atoms with Crippen molar-refractivity contribution in [1.29, 1.82) is 0 Å². The number of methoxy groups -OCH3 is 1. The Kier molecular flexibility index (Phi) is 2.77. The minimum atomic E-state index is -0.567. The van der Waals surface area contributed by atoms with Crippen molar-refractivity contribution < 1.29 is 14.3 Å². The van der Waals surface area contributed by atoms with Crippen LogP contribution in [-0.2, 0) is 14.3 Å². The van der Waals surface area contributed by atoms with E-state index in [9.17, 15) is 9.59 Å². The van der Waals surface area contributed by atoms with Gasteiger partial charge in [-0.25, -0.2) is 0 Å². The number of ketones is 2. The van der Waals surface area contributed by atoms with Crippen LogP contribution in [0.5, 0.6) is 0 Å². The average Bonchev–Trinajstić information content (AvgIpc) is 2.60. The van der Waals surface area contributed by atoms with Crippen LogP contribution in [0, 0.1) is 17.8 Å². The van der Waals surface area contributed by atoms with E-state index < -0.39 is 5.92 Å². The summed E-state index contributed by atoms with van der Waals surface area (Å²) in [5.74, 6) is -0.425. The lowest BCUT2D eigenvalue weighted by Gasteiger charge is -2.20. The number of hydrogen-bond acceptors (Lipinski definition) is 3. The molecule has 0 aromatic heterocycles. The van der Waals surface area contributed by atoms with Crippen LogP contribution in [0.4, 0.5) is 0 Å². The molecule has 19 heavy (non-hydrogen) atoms. The number of Topliss-reactive ketones (excluding diaryl/α,β-unsaturated/α-hetero) is 2. The Morgan fingerprint density at radius 3 is 2.42 bits per heavy atom. The summed E-state index contributed by atoms with van der Waals surface area (Å²) in [6.45, 7) is 2.04. The Morgan fingerprint density at radius 1 is 1.11 bits per heavy atom. The summed E-state index contributed by atoms with van der Waals surface area (Å²) in [7, 11) is 1.49. The summed E-state index contributed by atoms with van der Waals surface area (Å²) in [5, 5.41) is 0. The third-order valence-corrected chi connectivity index (χ3v) is 4.39. The van der Waals surface area contributed by atoms with E-state index in [1.165, 1.54) is 7.11 Å². The van der Waals surface area contributed by atoms with Gasteiger partial charge in [0.2, 0.25) is 5.78 Å². The van der Waals surface area contributed by atoms with Crippen molar-refractivity contribution in [2.24, 2.45) is 17.8 Å². The third-order valence-electron chi connectivity index (χ3n) is 4.39. The van der Waals surface area contributed by atoms with E-state index in [-0.39, 0.29) is 29.3 Å². The van der Waals surface area contributed by atoms with Crippen molar-refractivity contribution in [2.75, 3.05) is 7.11 Å². The topological polar surface area (TPSA) is 43.4 Å². The highest BCUT2D eigenvalue weighted by molar-refractivity contribution is 6.15. The van der Waals surface area contributed by atoms with Gasteiger partial charge in [-0.15, -0.1) is 0 Å². The minimum absolute atomic E-state index is 0.0323. The first-order valence-corrected chi connectivity index (χ1v) is 6.54. The second-order valence-electron chi connectivity index (χ2n) is 5.30. The molecule has 1 aromatic carbocycles. The summed E-state index contributed by atoms with van der Waals surface area (Å²) in [6.07, 6.45) is 1.70. The summed E-state index contributed by atoms with van der Waals surface area (Å²) in [5.41, 5.74) is 1.06. The lowest BCUT2D eigenvalue weighted by atomic mass is 9.82. The van der Waals surface area contributed by atoms with E-state index in [1.807, 2.05) is 37.3 Å². The van der Waals surface area contributed by atoms with Crippen LogP contribution in [0.3, 0.4) is 0 Å². The molecule has 1 fully saturated rings. The van der Waals surface area contributed by atoms with Gasteiger partial charge in [-0.2, -0.15) is 0 Å². The maximum atomic E-state index is 12.3. The van der Waals surface area contributed by atoms with E-state index in [4.69, 9.17) is 4.74 Å². The largest absolute Gasteiger partial charge is 0.493 e. The van der Waals surface area contributed by atoms with Gasteiger partial charge in [-0.05, 0) is 17.6 Å². The molecule has 1 saturated carbocycles. The summed E-state index contributed by atoms with van der Waals surface area (Å²) >= 11 is 0. The van der Waals surface area contributed by atoms with Gasteiger partial charge in [-0.1, -0.05) is 37.3 Å². The van der Waals surface area contributed by atoms with Crippen molar-refractivity contribution in [2.45, 2.75) is 12.8 Å². The van der Waals surface area contributed by atoms with Gasteiger partial charge in [-0.3, -0.25) is 9.59 Å². The van der Waals surface area contributed by atoms with Gasteiger partial charge in [0.1, 0.15) is 0 Å². The summed E-state index contributed by atoms with van der Waals surface area (Å²) < 4.78 is 5.12. The van der Waals surface area contributed by atoms with Gasteiger partial charge in [0.05, 0.1) is 13.0 Å². The van der Waals surface area contributed by atoms with Gasteiger partial charge in [0.15, 0.2) is 11.5 Å². The molecular formula is C16H16O3. The zero-order valence-electron chi connectivity index (χ0n) is 11.0. The SMILES string of the molecule is COC1=C[C@@H]2C(=O)[C@@H](C1=O)[C@@H](c1ccccc1)[C@@H]2C. The van der Waals surface area contributed by atoms with Gasteiger partial charge >= 0.3 is 0 Å². The summed E-state index contributed by atoms with van der Waals surface area (Å²) in [6, 6.07) is 9.83. The second-order valence-corrected chi connectivity index (χ2v) is 5.30. The normalized spacial score (nSPS) is 33.3. The number of fused-ring (bicyclic) bond motifs is 2. The van der Waals surface area contributed by atoms with Crippen LogP contribution in [0.2, 0.25) is 0 Å². The number of hydrogen-bond donors (Lipinski definition) is 0. The molecule has 0 amide bonds. The predicted octanol–water partition coefficient (Wildman–Crippen LogP) is 2.33. The first-order valence-electron chi connectivity index (χ1n) is 6.54. The molecular weight excluding hydrogens is 240 g/mol. The fourth-order valence-electron chi connectivity index (χ4n) is 3.43. The zero-order valence-corrected chi connectivity index (χ0v) is 11.0. The highest BCUT2D eigenvalue weighted by Crippen LogP contribution is 2.49. The van der Waals surface area contributed by atoms with Gasteiger partial charge in [0, 0.05) is 11.8 Å². The first kappa shape index (κ1) is 12.2. The highest BCUT2D eigenvalue weighted by Gasteiger charge is 2.54. The van der Waals surface area contributed by atoms with Crippen molar-refractivity contribution in [3.05, 3.63) is 47.7 Å². The molecule has 2 aliphatic carbocycles. The van der Waals surface area contributed by atoms with Crippen LogP contribution >= 0.6 is 0 Å². The standard InChI is InChI=1S/C16H16O3/c1-9-11-8-12(19-2)16(18)14(15(11)17)13(9)10-6-4-3-5-7-10/h3-9,11,13-14H,1-2H3/t9-,11+,13-,14+/m1/s1. The lowest BCUT2D eigenvalue weighted by molar-refractivity contribution is -0.133. The molecule has 0 N–H and O–H groups in total. The number of rotatable bonds is 2. The fourth-order valence-corrected chi connectivity index (χ4v) is 3.43. The Morgan fingerprint density at radius 2 is 1.79 bits per heavy atom. The molecule has 0 spiro atoms. The van der Waals surface area contributed by atoms with E-state index in [0.29, 0.717) is 5.76 Å². The van der Waals surface area contributed by atoms with Crippen LogP contribution < -0.4 is 0 Å². The maximum absolute atomic E-state index is 12.3. The molecule has 98 valence electrons. The van der Waals surface area contributed by atoms with Crippen LogP contribution in [0.25, 0.3) is 0 Å². The molecule has 3 rings (SSSR count). The molecule has 1 aromatic rings. The Bertz CT molecular complexity index is 559. The lowest BCUT2D eigenvalue weighted by Crippen LogP contribution is -2.30. The predicted molar refractivity (Wildman–Crippen MR) is 70.4 cm³/mol. The second kappa shape index (κ2) is 4.34. The van der Waals surface area contributed by atoms with E-state index in [2.05, 4.69) is 0 Å². The van der Waals surface area contributed by atoms with Crippen LogP contribution in [0.15, 0.2) is 42.2 Å². The monoisotopic (exact) mass is 256 g/mol. The van der Waals surface area contributed by atoms with Crippen LogP contribution in [-0.4, -0.2) is 18.7 Å². The molecule has 3 nitrogen and oxygen atoms in total. The van der Waals surface area contributed by atoms with Gasteiger partial charge in [0.25, 0.3) is 0 Å². The highest BCUT2D eigenvalue weighted by atomic mass is 16.5. The van der Waals surface area contributed by atoms with Crippen molar-refractivity contribution in [1.82, 2.24) is 0 Å². The quantitative estimate of drug-likeness (QED) is 0.763. The molecule has 4 atom stereocenters. The number of carbonyl (C=O) groups is 2. The smallest absolute Gasteiger partial charge is 0.208 e. The molecule has 2 aliphatic rings. The Hall–Kier alpha value is -1.90. The number of carbonyl (C=O) groups excluding carboxylic acids is 2. The fraction of sp³-hybridized carbons (Fsp3) is 0.375. The molecule has 0 aliphatic heterocycles. The zero-order chi connectivity index (χ0) is 13.6. The minimum Gasteiger partial charge on any atom is -0.493 e. The van der Waals surface area contributed by atoms with Gasteiger partial charge < -0.3 is 4.74 Å². The Labute approximate surface area is 112 Å².